The molecule has 0 aliphatic heterocycles. The summed E-state index contributed by atoms with van der Waals surface area (Å²) in [4.78, 5) is 11.7. The standard InChI is InChI=1S/C13H15N3O2S2/c1-9-3-5-10(6-4-9)19-7-11-14-15-13(16(11)2)20-8-12(17)18/h3-6H,7-8H2,1-2H3,(H,17,18). The Labute approximate surface area is 125 Å². The summed E-state index contributed by atoms with van der Waals surface area (Å²) < 4.78 is 1.84. The van der Waals surface area contributed by atoms with Gasteiger partial charge < -0.3 is 9.67 Å². The maximum absolute atomic E-state index is 10.5. The number of aromatic nitrogens is 3. The van der Waals surface area contributed by atoms with Crippen LogP contribution >= 0.6 is 23.5 Å². The fraction of sp³-hybridized carbons (Fsp3) is 0.308. The van der Waals surface area contributed by atoms with Crippen molar-refractivity contribution in [3.8, 4) is 0 Å². The Bertz CT molecular complexity index is 596. The van der Waals surface area contributed by atoms with E-state index in [2.05, 4.69) is 41.4 Å². The number of hydrogen-bond donors (Lipinski definition) is 1. The van der Waals surface area contributed by atoms with Crippen LogP contribution in [0, 0.1) is 6.92 Å². The molecule has 0 amide bonds. The van der Waals surface area contributed by atoms with Gasteiger partial charge in [-0.25, -0.2) is 0 Å². The molecule has 1 N–H and O–H groups in total. The fourth-order valence-corrected chi connectivity index (χ4v) is 3.03. The van der Waals surface area contributed by atoms with E-state index in [0.717, 1.165) is 5.82 Å². The number of thioether (sulfide) groups is 2. The summed E-state index contributed by atoms with van der Waals surface area (Å²) in [6.45, 7) is 2.06. The second-order valence-electron chi connectivity index (χ2n) is 4.24. The van der Waals surface area contributed by atoms with Crippen LogP contribution in [0.4, 0.5) is 0 Å². The van der Waals surface area contributed by atoms with Gasteiger partial charge in [0.25, 0.3) is 0 Å². The summed E-state index contributed by atoms with van der Waals surface area (Å²) in [5.74, 6) is 0.689. The number of benzene rings is 1. The summed E-state index contributed by atoms with van der Waals surface area (Å²) in [7, 11) is 1.86. The van der Waals surface area contributed by atoms with Crippen LogP contribution in [0.3, 0.4) is 0 Å². The molecule has 0 saturated heterocycles. The summed E-state index contributed by atoms with van der Waals surface area (Å²) in [5.41, 5.74) is 1.24. The van der Waals surface area contributed by atoms with Crippen LogP contribution in [0.5, 0.6) is 0 Å². The van der Waals surface area contributed by atoms with Gasteiger partial charge in [-0.2, -0.15) is 0 Å². The Morgan fingerprint density at radius 3 is 2.60 bits per heavy atom. The monoisotopic (exact) mass is 309 g/mol. The maximum Gasteiger partial charge on any atom is 0.313 e. The van der Waals surface area contributed by atoms with Crippen molar-refractivity contribution in [2.45, 2.75) is 22.7 Å². The van der Waals surface area contributed by atoms with E-state index in [4.69, 9.17) is 5.11 Å². The highest BCUT2D eigenvalue weighted by Gasteiger charge is 2.11. The first-order valence-corrected chi connectivity index (χ1v) is 7.95. The zero-order valence-corrected chi connectivity index (χ0v) is 12.9. The zero-order chi connectivity index (χ0) is 14.5. The third kappa shape index (κ3) is 4.01. The molecule has 1 aromatic heterocycles. The van der Waals surface area contributed by atoms with Crippen molar-refractivity contribution >= 4 is 29.5 Å². The van der Waals surface area contributed by atoms with Crippen LogP contribution in [0.2, 0.25) is 0 Å². The van der Waals surface area contributed by atoms with Crippen molar-refractivity contribution < 1.29 is 9.90 Å². The van der Waals surface area contributed by atoms with Crippen LogP contribution < -0.4 is 0 Å². The summed E-state index contributed by atoms with van der Waals surface area (Å²) >= 11 is 2.87. The van der Waals surface area contributed by atoms with Gasteiger partial charge in [-0.05, 0) is 19.1 Å². The molecular formula is C13H15N3O2S2. The molecule has 20 heavy (non-hydrogen) atoms. The molecule has 0 spiro atoms. The molecule has 7 heteroatoms. The highest BCUT2D eigenvalue weighted by molar-refractivity contribution is 7.99. The highest BCUT2D eigenvalue weighted by atomic mass is 32.2. The summed E-state index contributed by atoms with van der Waals surface area (Å²) in [5, 5.41) is 17.4. The van der Waals surface area contributed by atoms with Crippen molar-refractivity contribution in [1.82, 2.24) is 14.8 Å². The molecule has 2 aromatic rings. The van der Waals surface area contributed by atoms with Crippen LogP contribution in [-0.4, -0.2) is 31.6 Å². The largest absolute Gasteiger partial charge is 0.481 e. The van der Waals surface area contributed by atoms with Gasteiger partial charge in [0.15, 0.2) is 5.16 Å². The van der Waals surface area contributed by atoms with Gasteiger partial charge in [0, 0.05) is 11.9 Å². The molecule has 106 valence electrons. The topological polar surface area (TPSA) is 68.0 Å². The molecule has 0 bridgehead atoms. The van der Waals surface area contributed by atoms with Crippen LogP contribution in [0.25, 0.3) is 0 Å². The predicted octanol–water partition coefficient (Wildman–Crippen LogP) is 2.59. The van der Waals surface area contributed by atoms with E-state index < -0.39 is 5.97 Å². The smallest absolute Gasteiger partial charge is 0.313 e. The van der Waals surface area contributed by atoms with E-state index in [1.807, 2.05) is 11.6 Å². The lowest BCUT2D eigenvalue weighted by molar-refractivity contribution is -0.133. The molecule has 5 nitrogen and oxygen atoms in total. The molecule has 1 heterocycles. The van der Waals surface area contributed by atoms with Crippen LogP contribution in [0.1, 0.15) is 11.4 Å². The Morgan fingerprint density at radius 2 is 1.95 bits per heavy atom. The third-order valence-corrected chi connectivity index (χ3v) is 4.65. The van der Waals surface area contributed by atoms with Crippen molar-refractivity contribution in [3.05, 3.63) is 35.7 Å². The Balaban J connectivity index is 1.96. The number of aryl methyl sites for hydroxylation is 1. The van der Waals surface area contributed by atoms with Gasteiger partial charge in [0.1, 0.15) is 5.82 Å². The van der Waals surface area contributed by atoms with Gasteiger partial charge >= 0.3 is 5.97 Å². The van der Waals surface area contributed by atoms with E-state index in [9.17, 15) is 4.79 Å². The van der Waals surface area contributed by atoms with E-state index in [0.29, 0.717) is 10.9 Å². The lowest BCUT2D eigenvalue weighted by Crippen LogP contribution is -2.01. The van der Waals surface area contributed by atoms with Gasteiger partial charge in [-0.1, -0.05) is 29.5 Å². The van der Waals surface area contributed by atoms with Gasteiger partial charge in [0.05, 0.1) is 11.5 Å². The number of carboxylic acids is 1. The van der Waals surface area contributed by atoms with Crippen molar-refractivity contribution in [3.63, 3.8) is 0 Å². The summed E-state index contributed by atoms with van der Waals surface area (Å²) in [6, 6.07) is 8.31. The molecule has 0 fully saturated rings. The Hall–Kier alpha value is -1.47. The van der Waals surface area contributed by atoms with Crippen molar-refractivity contribution in [2.75, 3.05) is 5.75 Å². The molecular weight excluding hydrogens is 294 g/mol. The highest BCUT2D eigenvalue weighted by Crippen LogP contribution is 2.24. The average molecular weight is 309 g/mol. The number of aliphatic carboxylic acids is 1. The van der Waals surface area contributed by atoms with E-state index in [1.165, 1.54) is 22.2 Å². The molecule has 0 radical (unpaired) electrons. The number of hydrogen-bond acceptors (Lipinski definition) is 5. The second-order valence-corrected chi connectivity index (χ2v) is 6.23. The lowest BCUT2D eigenvalue weighted by atomic mass is 10.2. The third-order valence-electron chi connectivity index (χ3n) is 2.64. The molecule has 1 aromatic carbocycles. The normalized spacial score (nSPS) is 10.7. The molecule has 0 atom stereocenters. The maximum atomic E-state index is 10.5. The van der Waals surface area contributed by atoms with Crippen molar-refractivity contribution in [1.29, 1.82) is 0 Å². The van der Waals surface area contributed by atoms with Gasteiger partial charge in [-0.15, -0.1) is 22.0 Å². The minimum absolute atomic E-state index is 0.00290. The lowest BCUT2D eigenvalue weighted by Gasteiger charge is -2.03. The first kappa shape index (κ1) is 14.9. The van der Waals surface area contributed by atoms with E-state index in [1.54, 1.807) is 11.8 Å². The number of carboxylic acid groups (broad SMARTS) is 1. The molecule has 0 aliphatic carbocycles. The molecule has 0 unspecified atom stereocenters. The predicted molar refractivity (Wildman–Crippen MR) is 80.1 cm³/mol. The quantitative estimate of drug-likeness (QED) is 0.827. The zero-order valence-electron chi connectivity index (χ0n) is 11.2. The average Bonchev–Trinajstić information content (AvgIpc) is 2.77. The minimum atomic E-state index is -0.853. The van der Waals surface area contributed by atoms with E-state index in [-0.39, 0.29) is 5.75 Å². The SMILES string of the molecule is Cc1ccc(SCc2nnc(SCC(=O)O)n2C)cc1. The number of nitrogens with zero attached hydrogens (tertiary/aromatic N) is 3. The second kappa shape index (κ2) is 6.81. The van der Waals surface area contributed by atoms with Crippen LogP contribution in [0.15, 0.2) is 34.3 Å². The molecule has 2 rings (SSSR count). The van der Waals surface area contributed by atoms with Gasteiger partial charge in [0.2, 0.25) is 0 Å². The minimum Gasteiger partial charge on any atom is -0.481 e. The van der Waals surface area contributed by atoms with Gasteiger partial charge in [-0.3, -0.25) is 4.79 Å². The van der Waals surface area contributed by atoms with Crippen molar-refractivity contribution in [2.24, 2.45) is 7.05 Å². The Kier molecular flexibility index (Phi) is 5.08. The first-order valence-electron chi connectivity index (χ1n) is 5.98. The number of rotatable bonds is 6. The van der Waals surface area contributed by atoms with Crippen LogP contribution in [-0.2, 0) is 17.6 Å². The Morgan fingerprint density at radius 1 is 1.25 bits per heavy atom. The first-order chi connectivity index (χ1) is 9.56. The van der Waals surface area contributed by atoms with E-state index >= 15 is 0 Å². The fourth-order valence-electron chi connectivity index (χ4n) is 1.51. The molecule has 0 aliphatic rings. The summed E-state index contributed by atoms with van der Waals surface area (Å²) in [6.07, 6.45) is 0. The number of carbonyl (C=O) groups is 1. The molecule has 0 saturated carbocycles.